The highest BCUT2D eigenvalue weighted by molar-refractivity contribution is 6.29. The van der Waals surface area contributed by atoms with Crippen molar-refractivity contribution in [2.75, 3.05) is 6.54 Å². The van der Waals surface area contributed by atoms with Gasteiger partial charge in [0.15, 0.2) is 0 Å². The van der Waals surface area contributed by atoms with E-state index in [0.29, 0.717) is 0 Å². The van der Waals surface area contributed by atoms with Crippen LogP contribution in [0.1, 0.15) is 10.5 Å². The predicted molar refractivity (Wildman–Crippen MR) is 48.2 cm³/mol. The lowest BCUT2D eigenvalue weighted by Gasteiger charge is -1.99. The molecule has 1 aromatic rings. The molecular weight excluding hydrogens is 190 g/mol. The molecule has 1 rings (SSSR count). The topological polar surface area (TPSA) is 54.9 Å². The monoisotopic (exact) mass is 195 g/mol. The number of carbonyl (C=O) groups excluding carboxylic acids is 1. The molecule has 0 atom stereocenters. The fourth-order valence-corrected chi connectivity index (χ4v) is 0.821. The molecule has 0 aliphatic carbocycles. The van der Waals surface area contributed by atoms with Crippen molar-refractivity contribution in [3.05, 3.63) is 23.2 Å². The molecule has 1 aromatic heterocycles. The molecule has 1 N–H and O–H groups in total. The zero-order chi connectivity index (χ0) is 9.68. The second-order valence-electron chi connectivity index (χ2n) is 2.11. The van der Waals surface area contributed by atoms with E-state index in [1.807, 2.05) is 0 Å². The van der Waals surface area contributed by atoms with Crippen LogP contribution in [0.25, 0.3) is 0 Å². The van der Waals surface area contributed by atoms with Gasteiger partial charge in [0.2, 0.25) is 0 Å². The van der Waals surface area contributed by atoms with Gasteiger partial charge in [-0.3, -0.25) is 9.78 Å². The van der Waals surface area contributed by atoms with Crippen LogP contribution in [0.2, 0.25) is 5.15 Å². The third kappa shape index (κ3) is 2.73. The second kappa shape index (κ2) is 4.43. The lowest BCUT2D eigenvalue weighted by molar-refractivity contribution is 0.0953. The Morgan fingerprint density at radius 3 is 3.08 bits per heavy atom. The molecule has 66 valence electrons. The highest BCUT2D eigenvalue weighted by Gasteiger charge is 2.06. The molecule has 1 heterocycles. The van der Waals surface area contributed by atoms with Crippen molar-refractivity contribution in [2.45, 2.75) is 0 Å². The van der Waals surface area contributed by atoms with Gasteiger partial charge in [0.1, 0.15) is 10.8 Å². The molecule has 0 radical (unpaired) electrons. The van der Waals surface area contributed by atoms with Crippen LogP contribution >= 0.6 is 11.6 Å². The zero-order valence-corrected chi connectivity index (χ0v) is 7.38. The number of hydrogen-bond acceptors (Lipinski definition) is 3. The predicted octanol–water partition coefficient (Wildman–Crippen LogP) is 0.493. The molecule has 0 aromatic carbocycles. The smallest absolute Gasteiger partial charge is 0.272 e. The summed E-state index contributed by atoms with van der Waals surface area (Å²) in [7, 11) is 0. The molecule has 0 spiro atoms. The number of hydrogen-bond donors (Lipinski definition) is 1. The van der Waals surface area contributed by atoms with Crippen LogP contribution in [-0.2, 0) is 0 Å². The fraction of sp³-hybridized carbons (Fsp3) is 0.125. The quantitative estimate of drug-likeness (QED) is 0.699. The number of nitrogens with one attached hydrogen (secondary N) is 1. The summed E-state index contributed by atoms with van der Waals surface area (Å²) in [5.74, 6) is 1.89. The van der Waals surface area contributed by atoms with Gasteiger partial charge in [-0.05, 0) is 0 Å². The van der Waals surface area contributed by atoms with Crippen LogP contribution in [0.15, 0.2) is 12.4 Å². The van der Waals surface area contributed by atoms with Gasteiger partial charge in [-0.2, -0.15) is 0 Å². The number of carbonyl (C=O) groups is 1. The average Bonchev–Trinajstić information content (AvgIpc) is 2.14. The Morgan fingerprint density at radius 1 is 1.69 bits per heavy atom. The fourth-order valence-electron chi connectivity index (χ4n) is 0.673. The van der Waals surface area contributed by atoms with Crippen LogP contribution in [0.5, 0.6) is 0 Å². The van der Waals surface area contributed by atoms with Crippen LogP contribution in [0, 0.1) is 12.3 Å². The number of terminal acetylenes is 1. The number of aromatic nitrogens is 2. The van der Waals surface area contributed by atoms with E-state index in [9.17, 15) is 4.79 Å². The van der Waals surface area contributed by atoms with Crippen molar-refractivity contribution in [3.8, 4) is 12.3 Å². The molecule has 0 aliphatic rings. The molecule has 0 unspecified atom stereocenters. The normalized spacial score (nSPS) is 8.92. The minimum atomic E-state index is -0.382. The van der Waals surface area contributed by atoms with Crippen molar-refractivity contribution >= 4 is 17.5 Å². The molecule has 4 nitrogen and oxygen atoms in total. The summed E-state index contributed by atoms with van der Waals surface area (Å²) in [4.78, 5) is 18.6. The summed E-state index contributed by atoms with van der Waals surface area (Å²) in [6.07, 6.45) is 7.62. The van der Waals surface area contributed by atoms with Crippen molar-refractivity contribution in [2.24, 2.45) is 0 Å². The van der Waals surface area contributed by atoms with Crippen molar-refractivity contribution < 1.29 is 4.79 Å². The number of amides is 1. The standard InChI is InChI=1S/C8H6ClN3O/c1-2-3-11-8(13)6-4-10-5-7(9)12-6/h1,4-5H,3H2,(H,11,13). The van der Waals surface area contributed by atoms with E-state index in [-0.39, 0.29) is 23.3 Å². The zero-order valence-electron chi connectivity index (χ0n) is 6.62. The average molecular weight is 196 g/mol. The SMILES string of the molecule is C#CCNC(=O)c1cncc(Cl)n1. The van der Waals surface area contributed by atoms with Gasteiger partial charge < -0.3 is 5.32 Å². The summed E-state index contributed by atoms with van der Waals surface area (Å²) < 4.78 is 0. The van der Waals surface area contributed by atoms with E-state index in [0.717, 1.165) is 0 Å². The van der Waals surface area contributed by atoms with Gasteiger partial charge >= 0.3 is 0 Å². The lowest BCUT2D eigenvalue weighted by Crippen LogP contribution is -2.24. The maximum Gasteiger partial charge on any atom is 0.272 e. The third-order valence-electron chi connectivity index (χ3n) is 1.19. The van der Waals surface area contributed by atoms with E-state index in [2.05, 4.69) is 21.2 Å². The van der Waals surface area contributed by atoms with Gasteiger partial charge in [-0.25, -0.2) is 4.98 Å². The van der Waals surface area contributed by atoms with E-state index >= 15 is 0 Å². The number of halogens is 1. The van der Waals surface area contributed by atoms with Gasteiger partial charge in [0.05, 0.1) is 18.9 Å². The minimum Gasteiger partial charge on any atom is -0.340 e. The first-order valence-electron chi connectivity index (χ1n) is 3.43. The summed E-state index contributed by atoms with van der Waals surface area (Å²) in [5, 5.41) is 2.61. The first-order valence-corrected chi connectivity index (χ1v) is 3.81. The van der Waals surface area contributed by atoms with E-state index in [1.54, 1.807) is 0 Å². The molecule has 0 fully saturated rings. The molecule has 0 saturated carbocycles. The summed E-state index contributed by atoms with van der Waals surface area (Å²) in [6, 6.07) is 0. The van der Waals surface area contributed by atoms with E-state index < -0.39 is 0 Å². The molecule has 5 heteroatoms. The van der Waals surface area contributed by atoms with Crippen molar-refractivity contribution in [1.29, 1.82) is 0 Å². The van der Waals surface area contributed by atoms with Crippen LogP contribution in [-0.4, -0.2) is 22.4 Å². The first-order chi connectivity index (χ1) is 6.24. The van der Waals surface area contributed by atoms with Crippen LogP contribution < -0.4 is 5.32 Å². The van der Waals surface area contributed by atoms with E-state index in [4.69, 9.17) is 18.0 Å². The highest BCUT2D eigenvalue weighted by atomic mass is 35.5. The van der Waals surface area contributed by atoms with Gasteiger partial charge in [-0.1, -0.05) is 17.5 Å². The van der Waals surface area contributed by atoms with Gasteiger partial charge in [0, 0.05) is 0 Å². The first kappa shape index (κ1) is 9.49. The minimum absolute atomic E-state index is 0.155. The maximum atomic E-state index is 11.2. The van der Waals surface area contributed by atoms with Gasteiger partial charge in [-0.15, -0.1) is 6.42 Å². The summed E-state index contributed by atoms with van der Waals surface area (Å²) in [6.45, 7) is 0.160. The summed E-state index contributed by atoms with van der Waals surface area (Å²) in [5.41, 5.74) is 0.155. The Bertz CT molecular complexity index is 359. The number of nitrogens with zero attached hydrogens (tertiary/aromatic N) is 2. The Balaban J connectivity index is 2.72. The number of rotatable bonds is 2. The Morgan fingerprint density at radius 2 is 2.46 bits per heavy atom. The summed E-state index contributed by atoms with van der Waals surface area (Å²) >= 11 is 5.53. The molecular formula is C8H6ClN3O. The Labute approximate surface area is 80.3 Å². The van der Waals surface area contributed by atoms with Crippen molar-refractivity contribution in [1.82, 2.24) is 15.3 Å². The largest absolute Gasteiger partial charge is 0.340 e. The van der Waals surface area contributed by atoms with Crippen molar-refractivity contribution in [3.63, 3.8) is 0 Å². The highest BCUT2D eigenvalue weighted by Crippen LogP contribution is 2.01. The van der Waals surface area contributed by atoms with Gasteiger partial charge in [0.25, 0.3) is 5.91 Å². The third-order valence-corrected chi connectivity index (χ3v) is 1.37. The molecule has 13 heavy (non-hydrogen) atoms. The van der Waals surface area contributed by atoms with Crippen LogP contribution in [0.4, 0.5) is 0 Å². The van der Waals surface area contributed by atoms with E-state index in [1.165, 1.54) is 12.4 Å². The van der Waals surface area contributed by atoms with Crippen LogP contribution in [0.3, 0.4) is 0 Å². The molecule has 1 amide bonds. The lowest BCUT2D eigenvalue weighted by atomic mass is 10.4. The Hall–Kier alpha value is -1.60. The maximum absolute atomic E-state index is 11.2. The Kier molecular flexibility index (Phi) is 3.23. The molecule has 0 bridgehead atoms. The second-order valence-corrected chi connectivity index (χ2v) is 2.50. The molecule has 0 saturated heterocycles. The molecule has 0 aliphatic heterocycles.